The van der Waals surface area contributed by atoms with E-state index in [1.165, 1.54) is 12.1 Å². The van der Waals surface area contributed by atoms with Gasteiger partial charge in [-0.1, -0.05) is 6.07 Å². The number of aryl methyl sites for hydroxylation is 1. The number of carbonyl (C=O) groups is 1. The van der Waals surface area contributed by atoms with Crippen LogP contribution in [-0.4, -0.2) is 28.6 Å². The van der Waals surface area contributed by atoms with Crippen molar-refractivity contribution in [1.82, 2.24) is 20.7 Å². The van der Waals surface area contributed by atoms with Crippen LogP contribution in [0.3, 0.4) is 0 Å². The lowest BCUT2D eigenvalue weighted by molar-refractivity contribution is 0.0922. The molecule has 2 unspecified atom stereocenters. The lowest BCUT2D eigenvalue weighted by atomic mass is 9.87. The summed E-state index contributed by atoms with van der Waals surface area (Å²) in [6.07, 6.45) is 2.23. The quantitative estimate of drug-likeness (QED) is 0.762. The Morgan fingerprint density at radius 2 is 2.12 bits per heavy atom. The van der Waals surface area contributed by atoms with E-state index in [1.807, 2.05) is 0 Å². The first-order valence-electron chi connectivity index (χ1n) is 8.02. The zero-order valence-electron chi connectivity index (χ0n) is 13.6. The standard InChI is InChI=1S/C17H17FN6O/c1-8-15-14(24-17(19)22-8)5-13(23-16(15)25)11-3-2-10(18)4-12(11)9-6-20-21-7-9/h2-4,6,9,13,21H,5,7H2,1H3,(H,23,25)(H2,19,22,24). The summed E-state index contributed by atoms with van der Waals surface area (Å²) in [7, 11) is 0. The summed E-state index contributed by atoms with van der Waals surface area (Å²) >= 11 is 0. The van der Waals surface area contributed by atoms with Crippen molar-refractivity contribution in [3.05, 3.63) is 52.1 Å². The van der Waals surface area contributed by atoms with Crippen LogP contribution in [0.15, 0.2) is 23.3 Å². The minimum atomic E-state index is -0.316. The average Bonchev–Trinajstić information content (AvgIpc) is 3.07. The Hall–Kier alpha value is -3.03. The van der Waals surface area contributed by atoms with Crippen molar-refractivity contribution in [2.24, 2.45) is 5.10 Å². The third-order valence-corrected chi connectivity index (χ3v) is 4.59. The van der Waals surface area contributed by atoms with Gasteiger partial charge in [0.15, 0.2) is 0 Å². The Kier molecular flexibility index (Phi) is 3.60. The molecule has 0 fully saturated rings. The molecule has 0 radical (unpaired) electrons. The molecule has 1 aromatic carbocycles. The van der Waals surface area contributed by atoms with Gasteiger partial charge < -0.3 is 16.5 Å². The van der Waals surface area contributed by atoms with Gasteiger partial charge in [-0.2, -0.15) is 5.10 Å². The third-order valence-electron chi connectivity index (χ3n) is 4.59. The first-order chi connectivity index (χ1) is 12.0. The van der Waals surface area contributed by atoms with Gasteiger partial charge in [-0.15, -0.1) is 0 Å². The second-order valence-electron chi connectivity index (χ2n) is 6.24. The van der Waals surface area contributed by atoms with Crippen LogP contribution in [0.1, 0.15) is 44.8 Å². The molecule has 1 amide bonds. The number of nitrogens with zero attached hydrogens (tertiary/aromatic N) is 3. The van der Waals surface area contributed by atoms with Crippen molar-refractivity contribution < 1.29 is 9.18 Å². The Labute approximate surface area is 143 Å². The van der Waals surface area contributed by atoms with E-state index in [4.69, 9.17) is 5.73 Å². The Bertz CT molecular complexity index is 897. The molecular weight excluding hydrogens is 323 g/mol. The molecule has 0 bridgehead atoms. The van der Waals surface area contributed by atoms with E-state index in [0.717, 1.165) is 11.1 Å². The molecule has 128 valence electrons. The largest absolute Gasteiger partial charge is 0.368 e. The first-order valence-corrected chi connectivity index (χ1v) is 8.02. The van der Waals surface area contributed by atoms with Gasteiger partial charge in [0.05, 0.1) is 23.0 Å². The number of hydrogen-bond donors (Lipinski definition) is 3. The summed E-state index contributed by atoms with van der Waals surface area (Å²) < 4.78 is 13.8. The van der Waals surface area contributed by atoms with Crippen molar-refractivity contribution in [2.45, 2.75) is 25.3 Å². The van der Waals surface area contributed by atoms with Gasteiger partial charge in [0, 0.05) is 25.1 Å². The number of fused-ring (bicyclic) bond motifs is 1. The number of carbonyl (C=O) groups excluding carboxylic acids is 1. The molecule has 7 nitrogen and oxygen atoms in total. The SMILES string of the molecule is Cc1nc(N)nc2c1C(=O)NC(c1ccc(F)cc1C1C=NNC1)C2. The summed E-state index contributed by atoms with van der Waals surface area (Å²) in [5.41, 5.74) is 11.9. The Balaban J connectivity index is 1.76. The van der Waals surface area contributed by atoms with Crippen molar-refractivity contribution in [1.29, 1.82) is 0 Å². The second kappa shape index (κ2) is 5.80. The van der Waals surface area contributed by atoms with E-state index in [9.17, 15) is 9.18 Å². The van der Waals surface area contributed by atoms with E-state index < -0.39 is 0 Å². The van der Waals surface area contributed by atoms with Crippen LogP contribution in [0.2, 0.25) is 0 Å². The minimum absolute atomic E-state index is 0.0406. The summed E-state index contributed by atoms with van der Waals surface area (Å²) in [5.74, 6) is -0.446. The number of amides is 1. The predicted octanol–water partition coefficient (Wildman–Crippen LogP) is 1.21. The van der Waals surface area contributed by atoms with Crippen LogP contribution in [0.25, 0.3) is 0 Å². The fourth-order valence-corrected chi connectivity index (χ4v) is 3.48. The number of benzene rings is 1. The van der Waals surface area contributed by atoms with Gasteiger partial charge in [-0.3, -0.25) is 4.79 Å². The van der Waals surface area contributed by atoms with Gasteiger partial charge in [0.25, 0.3) is 5.91 Å². The fraction of sp³-hybridized carbons (Fsp3) is 0.294. The zero-order valence-corrected chi connectivity index (χ0v) is 13.6. The molecule has 1 aromatic heterocycles. The monoisotopic (exact) mass is 340 g/mol. The van der Waals surface area contributed by atoms with Gasteiger partial charge in [-0.25, -0.2) is 14.4 Å². The lowest BCUT2D eigenvalue weighted by Crippen LogP contribution is -2.37. The van der Waals surface area contributed by atoms with Gasteiger partial charge in [-0.05, 0) is 30.2 Å². The van der Waals surface area contributed by atoms with Crippen LogP contribution in [0.4, 0.5) is 10.3 Å². The molecular formula is C17H17FN6O. The number of nitrogen functional groups attached to an aromatic ring is 1. The highest BCUT2D eigenvalue weighted by Gasteiger charge is 2.31. The zero-order chi connectivity index (χ0) is 17.6. The van der Waals surface area contributed by atoms with E-state index in [2.05, 4.69) is 25.8 Å². The van der Waals surface area contributed by atoms with Crippen molar-refractivity contribution in [2.75, 3.05) is 12.3 Å². The fourth-order valence-electron chi connectivity index (χ4n) is 3.48. The van der Waals surface area contributed by atoms with Gasteiger partial charge >= 0.3 is 0 Å². The van der Waals surface area contributed by atoms with Gasteiger partial charge in [0.1, 0.15) is 5.82 Å². The van der Waals surface area contributed by atoms with Crippen LogP contribution in [0, 0.1) is 12.7 Å². The molecule has 4 N–H and O–H groups in total. The number of halogens is 1. The maximum absolute atomic E-state index is 13.8. The summed E-state index contributed by atoms with van der Waals surface area (Å²) in [5, 5.41) is 6.99. The number of hydrogen-bond acceptors (Lipinski definition) is 6. The summed E-state index contributed by atoms with van der Waals surface area (Å²) in [6, 6.07) is 4.31. The Morgan fingerprint density at radius 1 is 1.28 bits per heavy atom. The van der Waals surface area contributed by atoms with Crippen molar-refractivity contribution >= 4 is 18.1 Å². The second-order valence-corrected chi connectivity index (χ2v) is 6.24. The molecule has 3 heterocycles. The number of nitrogens with one attached hydrogen (secondary N) is 2. The van der Waals surface area contributed by atoms with Crippen molar-refractivity contribution in [3.63, 3.8) is 0 Å². The highest BCUT2D eigenvalue weighted by Crippen LogP contribution is 2.32. The smallest absolute Gasteiger partial charge is 0.255 e. The number of aromatic nitrogens is 2. The molecule has 25 heavy (non-hydrogen) atoms. The molecule has 0 saturated carbocycles. The van der Waals surface area contributed by atoms with Gasteiger partial charge in [0.2, 0.25) is 5.95 Å². The maximum Gasteiger partial charge on any atom is 0.255 e. The normalized spacial score (nSPS) is 21.6. The van der Waals surface area contributed by atoms with Crippen LogP contribution in [0.5, 0.6) is 0 Å². The van der Waals surface area contributed by atoms with Crippen molar-refractivity contribution in [3.8, 4) is 0 Å². The summed E-state index contributed by atoms with van der Waals surface area (Å²) in [6.45, 7) is 2.34. The van der Waals surface area contributed by atoms with Crippen LogP contribution >= 0.6 is 0 Å². The number of nitrogens with two attached hydrogens (primary N) is 1. The van der Waals surface area contributed by atoms with E-state index in [1.54, 1.807) is 19.2 Å². The van der Waals surface area contributed by atoms with E-state index >= 15 is 0 Å². The molecule has 2 atom stereocenters. The highest BCUT2D eigenvalue weighted by molar-refractivity contribution is 5.97. The number of rotatable bonds is 2. The topological polar surface area (TPSA) is 105 Å². The highest BCUT2D eigenvalue weighted by atomic mass is 19.1. The molecule has 4 rings (SSSR count). The van der Waals surface area contributed by atoms with E-state index in [-0.39, 0.29) is 29.6 Å². The molecule has 8 heteroatoms. The van der Waals surface area contributed by atoms with Crippen LogP contribution < -0.4 is 16.5 Å². The molecule has 2 aromatic rings. The lowest BCUT2D eigenvalue weighted by Gasteiger charge is -2.28. The third kappa shape index (κ3) is 2.69. The number of anilines is 1. The first kappa shape index (κ1) is 15.5. The average molecular weight is 340 g/mol. The molecule has 2 aliphatic heterocycles. The molecule has 0 spiro atoms. The Morgan fingerprint density at radius 3 is 2.88 bits per heavy atom. The molecule has 2 aliphatic rings. The summed E-state index contributed by atoms with van der Waals surface area (Å²) in [4.78, 5) is 20.9. The van der Waals surface area contributed by atoms with Crippen LogP contribution in [-0.2, 0) is 6.42 Å². The molecule has 0 aliphatic carbocycles. The number of hydrazone groups is 1. The van der Waals surface area contributed by atoms with E-state index in [0.29, 0.717) is 29.9 Å². The predicted molar refractivity (Wildman–Crippen MR) is 90.7 cm³/mol. The molecule has 0 saturated heterocycles. The maximum atomic E-state index is 13.8. The minimum Gasteiger partial charge on any atom is -0.368 e.